The van der Waals surface area contributed by atoms with Crippen LogP contribution in [0.15, 0.2) is 78.9 Å². The number of para-hydroxylation sites is 1. The van der Waals surface area contributed by atoms with Gasteiger partial charge in [0.25, 0.3) is 0 Å². The Labute approximate surface area is 232 Å². The Hall–Kier alpha value is -3.65. The minimum Gasteiger partial charge on any atom is -0.352 e. The molecule has 39 heavy (non-hydrogen) atoms. The highest BCUT2D eigenvalue weighted by Crippen LogP contribution is 2.27. The van der Waals surface area contributed by atoms with Gasteiger partial charge in [0.15, 0.2) is 0 Å². The van der Waals surface area contributed by atoms with Gasteiger partial charge in [-0.1, -0.05) is 85.8 Å². The zero-order valence-electron chi connectivity index (χ0n) is 23.4. The number of aryl methyl sites for hydroxylation is 2. The van der Waals surface area contributed by atoms with Crippen LogP contribution in [-0.4, -0.2) is 50.0 Å². The zero-order valence-corrected chi connectivity index (χ0v) is 24.2. The minimum absolute atomic E-state index is 0.0772. The van der Waals surface area contributed by atoms with E-state index in [9.17, 15) is 18.0 Å². The molecule has 1 N–H and O–H groups in total. The van der Waals surface area contributed by atoms with Crippen molar-refractivity contribution in [2.24, 2.45) is 0 Å². The molecule has 0 aliphatic carbocycles. The fourth-order valence-corrected chi connectivity index (χ4v) is 5.51. The lowest BCUT2D eigenvalue weighted by atomic mass is 10.0. The van der Waals surface area contributed by atoms with Crippen LogP contribution in [0.4, 0.5) is 5.69 Å². The van der Waals surface area contributed by atoms with Gasteiger partial charge < -0.3 is 10.2 Å². The first kappa shape index (κ1) is 29.9. The first-order valence-corrected chi connectivity index (χ1v) is 15.1. The third kappa shape index (κ3) is 8.17. The molecule has 0 spiro atoms. The Bertz CT molecular complexity index is 1340. The van der Waals surface area contributed by atoms with Crippen LogP contribution in [0.1, 0.15) is 42.5 Å². The van der Waals surface area contributed by atoms with E-state index in [2.05, 4.69) is 5.32 Å². The molecule has 0 unspecified atom stereocenters. The molecule has 7 nitrogen and oxygen atoms in total. The van der Waals surface area contributed by atoms with Crippen molar-refractivity contribution in [3.63, 3.8) is 0 Å². The lowest BCUT2D eigenvalue weighted by Gasteiger charge is -2.34. The van der Waals surface area contributed by atoms with Gasteiger partial charge in [-0.2, -0.15) is 0 Å². The summed E-state index contributed by atoms with van der Waals surface area (Å²) in [6.07, 6.45) is 2.14. The van der Waals surface area contributed by atoms with Crippen molar-refractivity contribution < 1.29 is 18.0 Å². The van der Waals surface area contributed by atoms with Crippen LogP contribution in [0.5, 0.6) is 0 Å². The third-order valence-electron chi connectivity index (χ3n) is 6.84. The molecule has 3 aromatic rings. The zero-order chi connectivity index (χ0) is 28.6. The number of rotatable bonds is 12. The number of carbonyl (C=O) groups is 2. The third-order valence-corrected chi connectivity index (χ3v) is 7.95. The number of anilines is 1. The molecule has 0 radical (unpaired) electrons. The topological polar surface area (TPSA) is 86.8 Å². The Morgan fingerprint density at radius 3 is 1.90 bits per heavy atom. The number of sulfonamides is 1. The normalized spacial score (nSPS) is 12.8. The maximum absolute atomic E-state index is 14.1. The Balaban J connectivity index is 2.07. The first-order chi connectivity index (χ1) is 18.5. The lowest BCUT2D eigenvalue weighted by molar-refractivity contribution is -0.140. The summed E-state index contributed by atoms with van der Waals surface area (Å²) in [5.74, 6) is -0.720. The second-order valence-electron chi connectivity index (χ2n) is 10.0. The molecule has 3 aromatic carbocycles. The molecule has 0 fully saturated rings. The molecule has 2 amide bonds. The van der Waals surface area contributed by atoms with Crippen LogP contribution in [0.25, 0.3) is 0 Å². The average molecular weight is 550 g/mol. The van der Waals surface area contributed by atoms with Crippen LogP contribution in [0.3, 0.4) is 0 Å². The summed E-state index contributed by atoms with van der Waals surface area (Å²) in [6.45, 7) is 7.30. The average Bonchev–Trinajstić information content (AvgIpc) is 2.90. The SMILES string of the molecule is CC[C@@H](C)NC(=O)[C@H](Cc1ccccc1)N(Cc1ccccc1)C(=O)CN(c1c(C)cccc1C)S(C)(=O)=O. The second kappa shape index (κ2) is 13.4. The number of carbonyl (C=O) groups excluding carboxylic acids is 2. The van der Waals surface area contributed by atoms with E-state index in [4.69, 9.17) is 0 Å². The van der Waals surface area contributed by atoms with Crippen molar-refractivity contribution in [2.45, 2.75) is 59.2 Å². The highest BCUT2D eigenvalue weighted by atomic mass is 32.2. The van der Waals surface area contributed by atoms with E-state index in [0.717, 1.165) is 39.2 Å². The Kier molecular flexibility index (Phi) is 10.3. The van der Waals surface area contributed by atoms with Gasteiger partial charge in [-0.3, -0.25) is 13.9 Å². The maximum Gasteiger partial charge on any atom is 0.244 e. The van der Waals surface area contributed by atoms with Gasteiger partial charge in [0, 0.05) is 19.0 Å². The molecule has 0 bridgehead atoms. The number of amides is 2. The van der Waals surface area contributed by atoms with Gasteiger partial charge in [0.2, 0.25) is 21.8 Å². The minimum atomic E-state index is -3.81. The van der Waals surface area contributed by atoms with Gasteiger partial charge in [0.1, 0.15) is 12.6 Å². The molecule has 3 rings (SSSR count). The van der Waals surface area contributed by atoms with Crippen LogP contribution < -0.4 is 9.62 Å². The summed E-state index contributed by atoms with van der Waals surface area (Å²) in [5.41, 5.74) is 3.73. The maximum atomic E-state index is 14.1. The van der Waals surface area contributed by atoms with E-state index < -0.39 is 28.5 Å². The first-order valence-electron chi connectivity index (χ1n) is 13.2. The Morgan fingerprint density at radius 1 is 0.846 bits per heavy atom. The quantitative estimate of drug-likeness (QED) is 0.357. The molecular weight excluding hydrogens is 510 g/mol. The van der Waals surface area contributed by atoms with Crippen molar-refractivity contribution >= 4 is 27.5 Å². The molecule has 0 saturated heterocycles. The Morgan fingerprint density at radius 2 is 1.38 bits per heavy atom. The summed E-state index contributed by atoms with van der Waals surface area (Å²) >= 11 is 0. The van der Waals surface area contributed by atoms with E-state index in [1.54, 1.807) is 0 Å². The van der Waals surface area contributed by atoms with Crippen molar-refractivity contribution in [3.05, 3.63) is 101 Å². The van der Waals surface area contributed by atoms with Crippen molar-refractivity contribution in [3.8, 4) is 0 Å². The molecule has 0 saturated carbocycles. The van der Waals surface area contributed by atoms with E-state index >= 15 is 0 Å². The molecule has 2 atom stereocenters. The van der Waals surface area contributed by atoms with Gasteiger partial charge >= 0.3 is 0 Å². The molecule has 0 aliphatic heterocycles. The van der Waals surface area contributed by atoms with Crippen molar-refractivity contribution in [1.29, 1.82) is 0 Å². The number of hydrogen-bond donors (Lipinski definition) is 1. The van der Waals surface area contributed by atoms with E-state index in [-0.39, 0.29) is 18.5 Å². The molecule has 208 valence electrons. The van der Waals surface area contributed by atoms with Crippen LogP contribution in [-0.2, 0) is 32.6 Å². The van der Waals surface area contributed by atoms with E-state index in [1.807, 2.05) is 107 Å². The monoisotopic (exact) mass is 549 g/mol. The second-order valence-corrected chi connectivity index (χ2v) is 11.9. The molecular formula is C31H39N3O4S. The van der Waals surface area contributed by atoms with E-state index in [0.29, 0.717) is 12.1 Å². The standard InChI is InChI=1S/C31H39N3O4S/c1-6-25(4)32-31(36)28(20-26-16-9-7-10-17-26)33(21-27-18-11-8-12-19-27)29(35)22-34(39(5,37)38)30-23(2)14-13-15-24(30)3/h7-19,25,28H,6,20-22H2,1-5H3,(H,32,36)/t25-,28+/m1/s1. The largest absolute Gasteiger partial charge is 0.352 e. The van der Waals surface area contributed by atoms with Crippen LogP contribution in [0, 0.1) is 13.8 Å². The summed E-state index contributed by atoms with van der Waals surface area (Å²) in [5, 5.41) is 3.04. The van der Waals surface area contributed by atoms with Crippen LogP contribution >= 0.6 is 0 Å². The highest BCUT2D eigenvalue weighted by Gasteiger charge is 2.34. The van der Waals surface area contributed by atoms with Gasteiger partial charge in [-0.15, -0.1) is 0 Å². The molecule has 0 aliphatic rings. The predicted octanol–water partition coefficient (Wildman–Crippen LogP) is 4.62. The molecule has 0 aromatic heterocycles. The van der Waals surface area contributed by atoms with Gasteiger partial charge in [-0.25, -0.2) is 8.42 Å². The molecule has 8 heteroatoms. The highest BCUT2D eigenvalue weighted by molar-refractivity contribution is 7.92. The fraction of sp³-hybridized carbons (Fsp3) is 0.355. The van der Waals surface area contributed by atoms with Gasteiger partial charge in [-0.05, 0) is 49.4 Å². The van der Waals surface area contributed by atoms with Gasteiger partial charge in [0.05, 0.1) is 11.9 Å². The fourth-order valence-electron chi connectivity index (χ4n) is 4.55. The summed E-state index contributed by atoms with van der Waals surface area (Å²) < 4.78 is 27.2. The van der Waals surface area contributed by atoms with E-state index in [1.165, 1.54) is 4.90 Å². The number of hydrogen-bond acceptors (Lipinski definition) is 4. The number of nitrogens with zero attached hydrogens (tertiary/aromatic N) is 2. The summed E-state index contributed by atoms with van der Waals surface area (Å²) in [7, 11) is -3.81. The lowest BCUT2D eigenvalue weighted by Crippen LogP contribution is -2.54. The van der Waals surface area contributed by atoms with Crippen molar-refractivity contribution in [2.75, 3.05) is 17.1 Å². The number of benzene rings is 3. The summed E-state index contributed by atoms with van der Waals surface area (Å²) in [6, 6.07) is 23.6. The molecule has 0 heterocycles. The predicted molar refractivity (Wildman–Crippen MR) is 157 cm³/mol. The van der Waals surface area contributed by atoms with Crippen LogP contribution in [0.2, 0.25) is 0 Å². The number of nitrogens with one attached hydrogen (secondary N) is 1. The van der Waals surface area contributed by atoms with Crippen molar-refractivity contribution in [1.82, 2.24) is 10.2 Å². The summed E-state index contributed by atoms with van der Waals surface area (Å²) in [4.78, 5) is 29.3. The smallest absolute Gasteiger partial charge is 0.244 e.